The van der Waals surface area contributed by atoms with Crippen LogP contribution in [0.15, 0.2) is 162 Å². The molecule has 0 N–H and O–H groups in total. The van der Waals surface area contributed by atoms with Gasteiger partial charge in [-0.05, 0) is 83.2 Å². The number of aryl methyl sites for hydroxylation is 2. The first-order valence-electron chi connectivity index (χ1n) is 23.5. The molecule has 6 aromatic carbocycles. The van der Waals surface area contributed by atoms with E-state index in [1.165, 1.54) is 11.6 Å². The third kappa shape index (κ3) is 9.01. The Kier molecular flexibility index (Phi) is 10.8. The van der Waals surface area contributed by atoms with Crippen LogP contribution in [0.4, 0.5) is 0 Å². The fourth-order valence-electron chi connectivity index (χ4n) is 7.92. The summed E-state index contributed by atoms with van der Waals surface area (Å²) in [5.74, 6) is 0.604. The number of aromatic nitrogens is 4. The molecule has 4 heterocycles. The number of hydrogen-bond acceptors (Lipinski definition) is 4. The predicted octanol–water partition coefficient (Wildman–Crippen LogP) is 14.0. The number of hydrogen-bond donors (Lipinski definition) is 0. The van der Waals surface area contributed by atoms with Crippen LogP contribution in [0.1, 0.15) is 37.5 Å². The van der Waals surface area contributed by atoms with Gasteiger partial charge in [0.05, 0.1) is 30.5 Å². The van der Waals surface area contributed by atoms with Gasteiger partial charge < -0.3 is 14.0 Å². The van der Waals surface area contributed by atoms with Gasteiger partial charge in [-0.25, -0.2) is 4.98 Å². The first-order valence-corrected chi connectivity index (χ1v) is 24.5. The second-order valence-corrected chi connectivity index (χ2v) is 21.9. The van der Waals surface area contributed by atoms with Gasteiger partial charge >= 0.3 is 0 Å². The SMILES string of the molecule is Cc1ccc2c(n1)oc1c(-c3nc4ccccc4n3-c3ccc(-c4ccccc4)cc3-c3ccccc3)[c-]ccc12.[2H]C([2H])([2H])c1c[c-]c(-c2cc(C([2H])([2H])C(C)C)c([Si](C)(C)C)cn2)cc1.[Ir]. The Bertz CT molecular complexity index is 3400. The molecule has 5 nitrogen and oxygen atoms in total. The summed E-state index contributed by atoms with van der Waals surface area (Å²) < 4.78 is 48.2. The summed E-state index contributed by atoms with van der Waals surface area (Å²) in [7, 11) is -1.78. The van der Waals surface area contributed by atoms with Gasteiger partial charge in [0.15, 0.2) is 0 Å². The van der Waals surface area contributed by atoms with Crippen LogP contribution in [0.25, 0.3) is 83.7 Å². The summed E-state index contributed by atoms with van der Waals surface area (Å²) in [6, 6.07) is 57.0. The normalized spacial score (nSPS) is 13.1. The summed E-state index contributed by atoms with van der Waals surface area (Å²) >= 11 is 0. The van der Waals surface area contributed by atoms with Crippen molar-refractivity contribution in [2.24, 2.45) is 5.92 Å². The van der Waals surface area contributed by atoms with Crippen LogP contribution in [0.3, 0.4) is 0 Å². The Morgan fingerprint density at radius 2 is 1.51 bits per heavy atom. The largest absolute Gasteiger partial charge is 0.486 e. The minimum atomic E-state index is -2.16. The van der Waals surface area contributed by atoms with E-state index >= 15 is 0 Å². The van der Waals surface area contributed by atoms with Crippen LogP contribution >= 0.6 is 0 Å². The molecular weight excluding hydrogens is 965 g/mol. The quantitative estimate of drug-likeness (QED) is 0.112. The van der Waals surface area contributed by atoms with Gasteiger partial charge in [-0.1, -0.05) is 142 Å². The Morgan fingerprint density at radius 3 is 2.22 bits per heavy atom. The maximum absolute atomic E-state index is 8.59. The van der Waals surface area contributed by atoms with Crippen molar-refractivity contribution in [1.29, 1.82) is 0 Å². The summed E-state index contributed by atoms with van der Waals surface area (Å²) in [6.45, 7) is 10.1. The van der Waals surface area contributed by atoms with Crippen molar-refractivity contribution in [1.82, 2.24) is 19.5 Å². The van der Waals surface area contributed by atoms with Crippen molar-refractivity contribution in [2.75, 3.05) is 0 Å². The van der Waals surface area contributed by atoms with Gasteiger partial charge in [0.25, 0.3) is 0 Å². The number of pyridine rings is 2. The van der Waals surface area contributed by atoms with Crippen LogP contribution < -0.4 is 5.19 Å². The van der Waals surface area contributed by atoms with Crippen molar-refractivity contribution in [3.8, 4) is 50.6 Å². The molecule has 10 rings (SSSR count). The Labute approximate surface area is 392 Å². The maximum atomic E-state index is 8.59. The number of benzene rings is 6. The molecule has 0 fully saturated rings. The summed E-state index contributed by atoms with van der Waals surface area (Å²) in [6.07, 6.45) is 0.328. The number of imidazole rings is 1. The molecule has 1 radical (unpaired) electrons. The van der Waals surface area contributed by atoms with E-state index in [1.54, 1.807) is 18.3 Å². The summed E-state index contributed by atoms with van der Waals surface area (Å²) in [4.78, 5) is 14.4. The van der Waals surface area contributed by atoms with Crippen LogP contribution in [-0.2, 0) is 26.5 Å². The first kappa shape index (κ1) is 37.3. The van der Waals surface area contributed by atoms with Gasteiger partial charge in [-0.15, -0.1) is 53.6 Å². The van der Waals surface area contributed by atoms with E-state index in [-0.39, 0.29) is 31.6 Å². The van der Waals surface area contributed by atoms with Crippen molar-refractivity contribution < 1.29 is 31.4 Å². The monoisotopic (exact) mass is 1020 g/mol. The Morgan fingerprint density at radius 1 is 0.762 bits per heavy atom. The second kappa shape index (κ2) is 18.2. The van der Waals surface area contributed by atoms with Gasteiger partial charge in [0, 0.05) is 55.5 Å². The molecule has 0 aliphatic carbocycles. The van der Waals surface area contributed by atoms with E-state index in [1.807, 2.05) is 57.2 Å². The predicted molar refractivity (Wildman–Crippen MR) is 261 cm³/mol. The van der Waals surface area contributed by atoms with Gasteiger partial charge in [0.1, 0.15) is 0 Å². The first-order chi connectivity index (χ1) is 32.0. The minimum Gasteiger partial charge on any atom is -0.486 e. The standard InChI is InChI=1S/C37H24N3O.C19H26NSi.Ir/c1-24-19-21-29-28-15-10-16-30(35(28)41-37(29)38-24)36-39-32-17-8-9-18-34(32)40(36)33-22-20-27(25-11-4-2-5-12-25)23-31(33)26-13-6-3-7-14-26;1-14(2)11-17-12-18(16-9-7-15(3)8-10-16)20-13-19(17)21(4,5)6;/h2-15,17-23H,1H3;7-9,12-14H,11H2,1-6H3;/q2*-1;/i;3D3,11D2;. The molecule has 0 spiro atoms. The summed E-state index contributed by atoms with van der Waals surface area (Å²) in [5.41, 5.74) is 12.8. The van der Waals surface area contributed by atoms with E-state index in [4.69, 9.17) is 16.3 Å². The van der Waals surface area contributed by atoms with Crippen molar-refractivity contribution in [2.45, 2.75) is 53.6 Å². The molecule has 0 unspecified atom stereocenters. The molecule has 0 saturated heterocycles. The molecule has 0 atom stereocenters. The van der Waals surface area contributed by atoms with E-state index < -0.39 is 21.3 Å². The number of nitrogens with zero attached hydrogens (tertiary/aromatic N) is 4. The Hall–Kier alpha value is -6.24. The maximum Gasteiger partial charge on any atom is 0.216 e. The zero-order valence-electron chi connectivity index (χ0n) is 41.1. The van der Waals surface area contributed by atoms with Crippen molar-refractivity contribution >= 4 is 46.4 Å². The fraction of sp³-hybridized carbons (Fsp3) is 0.161. The molecule has 0 amide bonds. The molecule has 0 aliphatic rings. The molecule has 315 valence electrons. The molecule has 63 heavy (non-hydrogen) atoms. The number of fused-ring (bicyclic) bond motifs is 4. The molecule has 7 heteroatoms. The van der Waals surface area contributed by atoms with Gasteiger partial charge in [-0.2, -0.15) is 0 Å². The molecule has 0 bridgehead atoms. The van der Waals surface area contributed by atoms with Crippen molar-refractivity contribution in [3.05, 3.63) is 187 Å². The average Bonchev–Trinajstić information content (AvgIpc) is 3.89. The average molecular weight is 1020 g/mol. The number of rotatable bonds is 8. The zero-order chi connectivity index (χ0) is 47.3. The minimum absolute atomic E-state index is 0. The number of furan rings is 1. The van der Waals surface area contributed by atoms with Crippen LogP contribution in [0.5, 0.6) is 0 Å². The summed E-state index contributed by atoms with van der Waals surface area (Å²) in [5, 5.41) is 3.00. The fourth-order valence-corrected chi connectivity index (χ4v) is 9.33. The molecule has 0 saturated carbocycles. The smallest absolute Gasteiger partial charge is 0.216 e. The molecule has 4 aromatic heterocycles. The third-order valence-corrected chi connectivity index (χ3v) is 12.9. The van der Waals surface area contributed by atoms with Crippen LogP contribution in [0.2, 0.25) is 19.6 Å². The molecule has 10 aromatic rings. The third-order valence-electron chi connectivity index (χ3n) is 10.9. The second-order valence-electron chi connectivity index (χ2n) is 16.9. The van der Waals surface area contributed by atoms with Gasteiger partial charge in [-0.3, -0.25) is 4.98 Å². The van der Waals surface area contributed by atoms with Crippen LogP contribution in [-0.4, -0.2) is 27.6 Å². The van der Waals surface area contributed by atoms with E-state index in [0.29, 0.717) is 22.5 Å². The molecule has 0 aliphatic heterocycles. The van der Waals surface area contributed by atoms with Crippen LogP contribution in [0, 0.1) is 31.8 Å². The van der Waals surface area contributed by atoms with E-state index in [9.17, 15) is 0 Å². The van der Waals surface area contributed by atoms with Gasteiger partial charge in [0.2, 0.25) is 5.71 Å². The van der Waals surface area contributed by atoms with E-state index in [0.717, 1.165) is 72.0 Å². The number of para-hydroxylation sites is 2. The zero-order valence-corrected chi connectivity index (χ0v) is 39.5. The van der Waals surface area contributed by atoms with Crippen molar-refractivity contribution in [3.63, 3.8) is 0 Å². The topological polar surface area (TPSA) is 56.7 Å². The Balaban J connectivity index is 0.000000202. The molecular formula is C56H50IrN4OSi-2. The van der Waals surface area contributed by atoms with E-state index in [2.05, 4.69) is 143 Å².